The van der Waals surface area contributed by atoms with E-state index in [1.165, 1.54) is 6.07 Å². The Labute approximate surface area is 118 Å². The summed E-state index contributed by atoms with van der Waals surface area (Å²) < 4.78 is 23.3. The molecule has 0 fully saturated rings. The van der Waals surface area contributed by atoms with E-state index in [1.807, 2.05) is 7.05 Å². The summed E-state index contributed by atoms with van der Waals surface area (Å²) >= 11 is 0. The van der Waals surface area contributed by atoms with Gasteiger partial charge in [-0.1, -0.05) is 18.2 Å². The number of primary sulfonamides is 1. The predicted octanol–water partition coefficient (Wildman–Crippen LogP) is 0.337. The fourth-order valence-corrected chi connectivity index (χ4v) is 3.18. The number of nitrogens with zero attached hydrogens (tertiary/aromatic N) is 1. The van der Waals surface area contributed by atoms with Gasteiger partial charge >= 0.3 is 0 Å². The molecule has 0 aliphatic carbocycles. The molecule has 1 aromatic rings. The monoisotopic (exact) mass is 294 g/mol. The van der Waals surface area contributed by atoms with Crippen LogP contribution in [0.25, 0.3) is 5.57 Å². The van der Waals surface area contributed by atoms with Crippen molar-refractivity contribution in [2.45, 2.75) is 11.3 Å². The molecule has 0 aromatic heterocycles. The van der Waals surface area contributed by atoms with E-state index >= 15 is 0 Å². The first-order valence-electron chi connectivity index (χ1n) is 6.19. The van der Waals surface area contributed by atoms with Crippen LogP contribution in [0.15, 0.2) is 29.2 Å². The van der Waals surface area contributed by atoms with Crippen molar-refractivity contribution in [1.29, 1.82) is 5.41 Å². The maximum Gasteiger partial charge on any atom is 0.238 e. The summed E-state index contributed by atoms with van der Waals surface area (Å²) in [6.07, 6.45) is 2.93. The molecule has 1 heterocycles. The third-order valence-electron chi connectivity index (χ3n) is 3.29. The van der Waals surface area contributed by atoms with Gasteiger partial charge in [-0.2, -0.15) is 0 Å². The molecule has 108 valence electrons. The average molecular weight is 294 g/mol. The Kier molecular flexibility index (Phi) is 3.94. The summed E-state index contributed by atoms with van der Waals surface area (Å²) in [5.74, 6) is -0.293. The number of sulfonamides is 1. The molecule has 0 spiro atoms. The van der Waals surface area contributed by atoms with Crippen LogP contribution >= 0.6 is 0 Å². The molecule has 1 aliphatic heterocycles. The van der Waals surface area contributed by atoms with Crippen molar-refractivity contribution in [3.8, 4) is 0 Å². The fraction of sp³-hybridized carbons (Fsp3) is 0.308. The van der Waals surface area contributed by atoms with E-state index in [9.17, 15) is 8.42 Å². The zero-order valence-electron chi connectivity index (χ0n) is 11.3. The Morgan fingerprint density at radius 1 is 1.40 bits per heavy atom. The number of hydrogen-bond acceptors (Lipinski definition) is 4. The SMILES string of the molecule is CN1CCC=C(c2cccc(S(N)(=O)=O)c2C(=N)N)C1. The summed E-state index contributed by atoms with van der Waals surface area (Å²) in [5.41, 5.74) is 7.40. The highest BCUT2D eigenvalue weighted by atomic mass is 32.2. The minimum Gasteiger partial charge on any atom is -0.384 e. The lowest BCUT2D eigenvalue weighted by Crippen LogP contribution is -2.27. The second kappa shape index (κ2) is 5.35. The fourth-order valence-electron chi connectivity index (χ4n) is 2.40. The normalized spacial score (nSPS) is 16.8. The topological polar surface area (TPSA) is 113 Å². The van der Waals surface area contributed by atoms with Crippen LogP contribution in [0.5, 0.6) is 0 Å². The second-order valence-electron chi connectivity index (χ2n) is 4.89. The van der Waals surface area contributed by atoms with Crippen molar-refractivity contribution in [1.82, 2.24) is 4.90 Å². The van der Waals surface area contributed by atoms with E-state index in [2.05, 4.69) is 11.0 Å². The molecule has 6 nitrogen and oxygen atoms in total. The van der Waals surface area contributed by atoms with E-state index in [1.54, 1.807) is 12.1 Å². The first kappa shape index (κ1) is 14.7. The van der Waals surface area contributed by atoms with Gasteiger partial charge < -0.3 is 10.6 Å². The van der Waals surface area contributed by atoms with Gasteiger partial charge in [-0.25, -0.2) is 13.6 Å². The van der Waals surface area contributed by atoms with Crippen molar-refractivity contribution >= 4 is 21.4 Å². The summed E-state index contributed by atoms with van der Waals surface area (Å²) in [4.78, 5) is 2.03. The molecule has 5 N–H and O–H groups in total. The first-order chi connectivity index (χ1) is 9.30. The number of amidine groups is 1. The zero-order valence-corrected chi connectivity index (χ0v) is 12.1. The maximum absolute atomic E-state index is 11.7. The van der Waals surface area contributed by atoms with Crippen molar-refractivity contribution in [2.75, 3.05) is 20.1 Å². The molecular formula is C13H18N4O2S. The van der Waals surface area contributed by atoms with Gasteiger partial charge in [0.25, 0.3) is 0 Å². The van der Waals surface area contributed by atoms with Crippen molar-refractivity contribution in [3.63, 3.8) is 0 Å². The molecule has 0 atom stereocenters. The van der Waals surface area contributed by atoms with E-state index < -0.39 is 10.0 Å². The van der Waals surface area contributed by atoms with Gasteiger partial charge in [0.15, 0.2) is 0 Å². The summed E-state index contributed by atoms with van der Waals surface area (Å²) in [7, 11) is -1.92. The summed E-state index contributed by atoms with van der Waals surface area (Å²) in [6, 6.07) is 4.77. The molecule has 0 unspecified atom stereocenters. The Hall–Kier alpha value is -1.70. The summed E-state index contributed by atoms with van der Waals surface area (Å²) in [5, 5.41) is 12.9. The van der Waals surface area contributed by atoms with Gasteiger partial charge in [-0.3, -0.25) is 5.41 Å². The molecule has 0 saturated heterocycles. The lowest BCUT2D eigenvalue weighted by atomic mass is 9.96. The van der Waals surface area contributed by atoms with Crippen LogP contribution in [0.4, 0.5) is 0 Å². The van der Waals surface area contributed by atoms with Crippen molar-refractivity contribution < 1.29 is 8.42 Å². The zero-order chi connectivity index (χ0) is 14.9. The Bertz CT molecular complexity index is 680. The van der Waals surface area contributed by atoms with E-state index in [0.717, 1.165) is 18.5 Å². The third-order valence-corrected chi connectivity index (χ3v) is 4.24. The molecule has 7 heteroatoms. The molecule has 1 aromatic carbocycles. The minimum absolute atomic E-state index is 0.100. The maximum atomic E-state index is 11.7. The number of rotatable bonds is 3. The van der Waals surface area contributed by atoms with Crippen molar-refractivity contribution in [2.24, 2.45) is 10.9 Å². The Morgan fingerprint density at radius 2 is 2.10 bits per heavy atom. The number of benzene rings is 1. The number of nitrogens with one attached hydrogen (secondary N) is 1. The Morgan fingerprint density at radius 3 is 2.65 bits per heavy atom. The molecule has 20 heavy (non-hydrogen) atoms. The van der Waals surface area contributed by atoms with Crippen LogP contribution in [-0.4, -0.2) is 39.3 Å². The van der Waals surface area contributed by atoms with Crippen LogP contribution in [0.1, 0.15) is 17.5 Å². The Balaban J connectivity index is 2.65. The van der Waals surface area contributed by atoms with E-state index in [0.29, 0.717) is 12.1 Å². The number of nitrogen functional groups attached to an aromatic ring is 1. The highest BCUT2D eigenvalue weighted by molar-refractivity contribution is 7.89. The lowest BCUT2D eigenvalue weighted by molar-refractivity contribution is 0.373. The highest BCUT2D eigenvalue weighted by Gasteiger charge is 2.22. The molecule has 0 amide bonds. The molecule has 0 saturated carbocycles. The van der Waals surface area contributed by atoms with E-state index in [4.69, 9.17) is 16.3 Å². The van der Waals surface area contributed by atoms with Crippen LogP contribution in [0.2, 0.25) is 0 Å². The van der Waals surface area contributed by atoms with Crippen LogP contribution in [-0.2, 0) is 10.0 Å². The smallest absolute Gasteiger partial charge is 0.238 e. The standard InChI is InChI=1S/C13H18N4O2S/c1-17-7-3-4-9(8-17)10-5-2-6-11(20(16,18)19)12(10)13(14)15/h2,4-6H,3,7-8H2,1H3,(H3,14,15)(H2,16,18,19). The largest absolute Gasteiger partial charge is 0.384 e. The van der Waals surface area contributed by atoms with Gasteiger partial charge in [0, 0.05) is 18.7 Å². The minimum atomic E-state index is -3.91. The highest BCUT2D eigenvalue weighted by Crippen LogP contribution is 2.27. The molecule has 1 aliphatic rings. The van der Waals surface area contributed by atoms with Crippen LogP contribution < -0.4 is 10.9 Å². The van der Waals surface area contributed by atoms with Crippen LogP contribution in [0, 0.1) is 5.41 Å². The van der Waals surface area contributed by atoms with Gasteiger partial charge in [0.2, 0.25) is 10.0 Å². The van der Waals surface area contributed by atoms with Gasteiger partial charge in [0.1, 0.15) is 5.84 Å². The van der Waals surface area contributed by atoms with Crippen LogP contribution in [0.3, 0.4) is 0 Å². The predicted molar refractivity (Wildman–Crippen MR) is 78.9 cm³/mol. The average Bonchev–Trinajstić information content (AvgIpc) is 2.36. The molecule has 2 rings (SSSR count). The van der Waals surface area contributed by atoms with Gasteiger partial charge in [-0.05, 0) is 30.7 Å². The molecular weight excluding hydrogens is 276 g/mol. The van der Waals surface area contributed by atoms with Gasteiger partial charge in [-0.15, -0.1) is 0 Å². The number of likely N-dealkylation sites (N-methyl/N-ethyl adjacent to an activating group) is 1. The molecule has 0 radical (unpaired) electrons. The van der Waals surface area contributed by atoms with E-state index in [-0.39, 0.29) is 16.3 Å². The summed E-state index contributed by atoms with van der Waals surface area (Å²) in [6.45, 7) is 1.64. The quantitative estimate of drug-likeness (QED) is 0.551. The lowest BCUT2D eigenvalue weighted by Gasteiger charge is -2.24. The van der Waals surface area contributed by atoms with Gasteiger partial charge in [0.05, 0.1) is 4.90 Å². The molecule has 0 bridgehead atoms. The third kappa shape index (κ3) is 2.90. The number of hydrogen-bond donors (Lipinski definition) is 3. The van der Waals surface area contributed by atoms with Crippen molar-refractivity contribution in [3.05, 3.63) is 35.4 Å². The number of nitrogens with two attached hydrogens (primary N) is 2. The first-order valence-corrected chi connectivity index (χ1v) is 7.73. The second-order valence-corrected chi connectivity index (χ2v) is 6.42.